The van der Waals surface area contributed by atoms with Gasteiger partial charge in [-0.05, 0) is 55.5 Å². The van der Waals surface area contributed by atoms with Crippen LogP contribution in [-0.2, 0) is 23.5 Å². The number of hydrogen-bond acceptors (Lipinski definition) is 5. The molecular formula is C19H21N5O3S2. The van der Waals surface area contributed by atoms with Crippen molar-refractivity contribution in [2.45, 2.75) is 18.2 Å². The summed E-state index contributed by atoms with van der Waals surface area (Å²) in [6, 6.07) is 12.8. The molecule has 0 aliphatic rings. The number of nitrogens with one attached hydrogen (secondary N) is 3. The highest BCUT2D eigenvalue weighted by Gasteiger charge is 2.15. The summed E-state index contributed by atoms with van der Waals surface area (Å²) in [6.45, 7) is 2.30. The maximum absolute atomic E-state index is 12.5. The Bertz CT molecular complexity index is 1160. The molecule has 1 heterocycles. The fraction of sp³-hybridized carbons (Fsp3) is 0.211. The predicted octanol–water partition coefficient (Wildman–Crippen LogP) is 2.56. The normalized spacial score (nSPS) is 11.2. The number of aromatic nitrogens is 3. The number of aromatic amines is 1. The highest BCUT2D eigenvalue weighted by atomic mass is 32.2. The minimum absolute atomic E-state index is 0.0798. The van der Waals surface area contributed by atoms with Gasteiger partial charge in [-0.25, -0.2) is 8.42 Å². The van der Waals surface area contributed by atoms with Gasteiger partial charge in [0.25, 0.3) is 15.9 Å². The summed E-state index contributed by atoms with van der Waals surface area (Å²) in [6.07, 6.45) is 0.516. The second kappa shape index (κ2) is 8.58. The molecule has 1 amide bonds. The average Bonchev–Trinajstić information content (AvgIpc) is 3.02. The second-order valence-electron chi connectivity index (χ2n) is 6.51. The Morgan fingerprint density at radius 1 is 1.14 bits per heavy atom. The minimum atomic E-state index is -3.73. The van der Waals surface area contributed by atoms with Gasteiger partial charge in [0, 0.05) is 31.3 Å². The Morgan fingerprint density at radius 2 is 1.79 bits per heavy atom. The summed E-state index contributed by atoms with van der Waals surface area (Å²) in [5, 5.41) is 9.55. The summed E-state index contributed by atoms with van der Waals surface area (Å²) in [4.78, 5) is 12.4. The predicted molar refractivity (Wildman–Crippen MR) is 113 cm³/mol. The molecule has 3 aromatic rings. The topological polar surface area (TPSA) is 109 Å². The van der Waals surface area contributed by atoms with Crippen LogP contribution >= 0.6 is 12.2 Å². The summed E-state index contributed by atoms with van der Waals surface area (Å²) in [5.74, 6) is 0.441. The van der Waals surface area contributed by atoms with Crippen molar-refractivity contribution in [1.29, 1.82) is 0 Å². The standard InChI is InChI=1S/C19H21N5O3S2/c1-13-3-7-15(8-4-13)23-29(26,27)16-9-5-14(6-10-16)18(25)20-12-11-17-21-22-19(28)24(17)2/h3-10,23H,11-12H2,1-2H3,(H,20,25)(H,22,28). The molecule has 2 aromatic carbocycles. The van der Waals surface area contributed by atoms with Gasteiger partial charge in [-0.15, -0.1) is 0 Å². The number of aryl methyl sites for hydroxylation is 1. The van der Waals surface area contributed by atoms with Crippen molar-refractivity contribution in [2.24, 2.45) is 7.05 Å². The van der Waals surface area contributed by atoms with Crippen molar-refractivity contribution >= 4 is 33.8 Å². The number of hydrogen-bond donors (Lipinski definition) is 3. The molecule has 0 spiro atoms. The quantitative estimate of drug-likeness (QED) is 0.498. The van der Waals surface area contributed by atoms with E-state index in [1.165, 1.54) is 24.3 Å². The van der Waals surface area contributed by atoms with Crippen LogP contribution in [0.5, 0.6) is 0 Å². The lowest BCUT2D eigenvalue weighted by molar-refractivity contribution is 0.0954. The third-order valence-corrected chi connectivity index (χ3v) is 6.10. The van der Waals surface area contributed by atoms with E-state index in [0.29, 0.717) is 29.0 Å². The van der Waals surface area contributed by atoms with E-state index in [9.17, 15) is 13.2 Å². The van der Waals surface area contributed by atoms with Gasteiger partial charge in [0.1, 0.15) is 5.82 Å². The van der Waals surface area contributed by atoms with Gasteiger partial charge in [-0.3, -0.25) is 14.6 Å². The van der Waals surface area contributed by atoms with Crippen molar-refractivity contribution in [2.75, 3.05) is 11.3 Å². The number of nitrogens with zero attached hydrogens (tertiary/aromatic N) is 2. The van der Waals surface area contributed by atoms with Crippen LogP contribution in [0.4, 0.5) is 5.69 Å². The first-order chi connectivity index (χ1) is 13.8. The molecule has 1 aromatic heterocycles. The maximum Gasteiger partial charge on any atom is 0.261 e. The first kappa shape index (κ1) is 20.7. The van der Waals surface area contributed by atoms with Crippen molar-refractivity contribution in [3.63, 3.8) is 0 Å². The number of carbonyl (C=O) groups excluding carboxylic acids is 1. The smallest absolute Gasteiger partial charge is 0.261 e. The number of H-pyrrole nitrogens is 1. The fourth-order valence-electron chi connectivity index (χ4n) is 2.61. The lowest BCUT2D eigenvalue weighted by Gasteiger charge is -2.09. The van der Waals surface area contributed by atoms with Gasteiger partial charge >= 0.3 is 0 Å². The molecule has 0 radical (unpaired) electrons. The number of anilines is 1. The molecular weight excluding hydrogens is 410 g/mol. The van der Waals surface area contributed by atoms with Gasteiger partial charge in [0.2, 0.25) is 0 Å². The molecule has 3 N–H and O–H groups in total. The van der Waals surface area contributed by atoms with Gasteiger partial charge < -0.3 is 9.88 Å². The fourth-order valence-corrected chi connectivity index (χ4v) is 3.82. The van der Waals surface area contributed by atoms with Crippen LogP contribution in [0.1, 0.15) is 21.7 Å². The number of amides is 1. The van der Waals surface area contributed by atoms with E-state index in [2.05, 4.69) is 20.2 Å². The SMILES string of the molecule is Cc1ccc(NS(=O)(=O)c2ccc(C(=O)NCCc3n[nH]c(=S)n3C)cc2)cc1. The molecule has 0 fully saturated rings. The monoisotopic (exact) mass is 431 g/mol. The van der Waals surface area contributed by atoms with E-state index in [1.54, 1.807) is 23.7 Å². The highest BCUT2D eigenvalue weighted by molar-refractivity contribution is 7.92. The highest BCUT2D eigenvalue weighted by Crippen LogP contribution is 2.17. The molecule has 0 bridgehead atoms. The van der Waals surface area contributed by atoms with Crippen molar-refractivity contribution < 1.29 is 13.2 Å². The molecule has 0 unspecified atom stereocenters. The summed E-state index contributed by atoms with van der Waals surface area (Å²) < 4.78 is 29.8. The van der Waals surface area contributed by atoms with E-state index in [0.717, 1.165) is 11.4 Å². The Morgan fingerprint density at radius 3 is 2.38 bits per heavy atom. The third kappa shape index (κ3) is 5.09. The summed E-state index contributed by atoms with van der Waals surface area (Å²) >= 11 is 5.04. The zero-order valence-electron chi connectivity index (χ0n) is 16.0. The molecule has 29 heavy (non-hydrogen) atoms. The second-order valence-corrected chi connectivity index (χ2v) is 8.57. The van der Waals surface area contributed by atoms with Crippen LogP contribution in [0, 0.1) is 11.7 Å². The van der Waals surface area contributed by atoms with Gasteiger partial charge in [0.05, 0.1) is 4.90 Å². The van der Waals surface area contributed by atoms with E-state index in [4.69, 9.17) is 12.2 Å². The Balaban J connectivity index is 1.61. The first-order valence-corrected chi connectivity index (χ1v) is 10.7. The van der Waals surface area contributed by atoms with Crippen LogP contribution in [0.2, 0.25) is 0 Å². The maximum atomic E-state index is 12.5. The Labute approximate surface area is 174 Å². The zero-order chi connectivity index (χ0) is 21.0. The lowest BCUT2D eigenvalue weighted by Crippen LogP contribution is -2.26. The molecule has 3 rings (SSSR count). The van der Waals surface area contributed by atoms with Crippen molar-refractivity contribution in [1.82, 2.24) is 20.1 Å². The number of rotatable bonds is 7. The first-order valence-electron chi connectivity index (χ1n) is 8.84. The number of benzene rings is 2. The number of sulfonamides is 1. The Kier molecular flexibility index (Phi) is 6.14. The largest absolute Gasteiger partial charge is 0.352 e. The van der Waals surface area contributed by atoms with Crippen LogP contribution in [0.15, 0.2) is 53.4 Å². The Hall–Kier alpha value is -2.98. The molecule has 0 saturated heterocycles. The summed E-state index contributed by atoms with van der Waals surface area (Å²) in [5.41, 5.74) is 1.88. The van der Waals surface area contributed by atoms with Crippen molar-refractivity contribution in [3.8, 4) is 0 Å². The molecule has 0 aliphatic carbocycles. The average molecular weight is 432 g/mol. The lowest BCUT2D eigenvalue weighted by atomic mass is 10.2. The van der Waals surface area contributed by atoms with E-state index >= 15 is 0 Å². The number of carbonyl (C=O) groups is 1. The minimum Gasteiger partial charge on any atom is -0.352 e. The van der Waals surface area contributed by atoms with Gasteiger partial charge in [-0.2, -0.15) is 5.10 Å². The van der Waals surface area contributed by atoms with E-state index in [1.807, 2.05) is 19.1 Å². The van der Waals surface area contributed by atoms with Crippen LogP contribution in [0.25, 0.3) is 0 Å². The molecule has 0 saturated carbocycles. The molecule has 0 aliphatic heterocycles. The third-order valence-electron chi connectivity index (χ3n) is 4.34. The van der Waals surface area contributed by atoms with E-state index < -0.39 is 10.0 Å². The van der Waals surface area contributed by atoms with Crippen LogP contribution in [0.3, 0.4) is 0 Å². The molecule has 8 nitrogen and oxygen atoms in total. The van der Waals surface area contributed by atoms with Crippen molar-refractivity contribution in [3.05, 3.63) is 70.3 Å². The summed E-state index contributed by atoms with van der Waals surface area (Å²) in [7, 11) is -1.93. The van der Waals surface area contributed by atoms with Gasteiger partial charge in [0.15, 0.2) is 4.77 Å². The van der Waals surface area contributed by atoms with Gasteiger partial charge in [-0.1, -0.05) is 17.7 Å². The van der Waals surface area contributed by atoms with E-state index in [-0.39, 0.29) is 10.8 Å². The molecule has 0 atom stereocenters. The molecule has 152 valence electrons. The van der Waals surface area contributed by atoms with Crippen LogP contribution in [-0.4, -0.2) is 35.6 Å². The zero-order valence-corrected chi connectivity index (χ0v) is 17.6. The molecule has 10 heteroatoms. The van der Waals surface area contributed by atoms with Crippen LogP contribution < -0.4 is 10.0 Å².